The predicted octanol–water partition coefficient (Wildman–Crippen LogP) is 3.86. The fourth-order valence-electron chi connectivity index (χ4n) is 3.88. The van der Waals surface area contributed by atoms with Crippen molar-refractivity contribution in [3.05, 3.63) is 77.9 Å². The van der Waals surface area contributed by atoms with Crippen molar-refractivity contribution in [1.29, 1.82) is 0 Å². The number of rotatable bonds is 4. The highest BCUT2D eigenvalue weighted by Gasteiger charge is 2.22. The summed E-state index contributed by atoms with van der Waals surface area (Å²) < 4.78 is 0. The third-order valence-corrected chi connectivity index (χ3v) is 5.54. The lowest BCUT2D eigenvalue weighted by Gasteiger charge is -2.35. The van der Waals surface area contributed by atoms with Crippen molar-refractivity contribution in [3.8, 4) is 0 Å². The maximum absolute atomic E-state index is 12.9. The molecule has 3 aromatic carbocycles. The molecule has 28 heavy (non-hydrogen) atoms. The highest BCUT2D eigenvalue weighted by Crippen LogP contribution is 2.21. The van der Waals surface area contributed by atoms with Gasteiger partial charge in [-0.25, -0.2) is 0 Å². The van der Waals surface area contributed by atoms with Gasteiger partial charge in [0, 0.05) is 58.1 Å². The highest BCUT2D eigenvalue weighted by molar-refractivity contribution is 5.95. The zero-order chi connectivity index (χ0) is 19.5. The second kappa shape index (κ2) is 8.03. The Morgan fingerprint density at radius 1 is 0.893 bits per heavy atom. The molecule has 0 unspecified atom stereocenters. The van der Waals surface area contributed by atoms with Crippen LogP contribution in [0.25, 0.3) is 10.8 Å². The minimum absolute atomic E-state index is 0.133. The SMILES string of the molecule is CN(C)c1cccc(C(=O)N2CCN(Cc3cccc4ccccc34)CC2)c1. The van der Waals surface area contributed by atoms with Crippen molar-refractivity contribution in [2.75, 3.05) is 45.2 Å². The molecule has 1 aliphatic heterocycles. The number of hydrogen-bond acceptors (Lipinski definition) is 3. The van der Waals surface area contributed by atoms with Gasteiger partial charge in [-0.3, -0.25) is 9.69 Å². The monoisotopic (exact) mass is 373 g/mol. The Kier molecular flexibility index (Phi) is 5.31. The zero-order valence-corrected chi connectivity index (χ0v) is 16.6. The molecule has 4 heteroatoms. The van der Waals surface area contributed by atoms with Crippen LogP contribution in [0.1, 0.15) is 15.9 Å². The number of nitrogens with zero attached hydrogens (tertiary/aromatic N) is 3. The van der Waals surface area contributed by atoms with Gasteiger partial charge < -0.3 is 9.80 Å². The number of fused-ring (bicyclic) bond motifs is 1. The van der Waals surface area contributed by atoms with Gasteiger partial charge in [-0.2, -0.15) is 0 Å². The van der Waals surface area contributed by atoms with E-state index >= 15 is 0 Å². The zero-order valence-electron chi connectivity index (χ0n) is 16.6. The molecule has 144 valence electrons. The van der Waals surface area contributed by atoms with Gasteiger partial charge in [0.1, 0.15) is 0 Å². The average molecular weight is 374 g/mol. The maximum atomic E-state index is 12.9. The summed E-state index contributed by atoms with van der Waals surface area (Å²) in [6.07, 6.45) is 0. The maximum Gasteiger partial charge on any atom is 0.254 e. The molecule has 0 bridgehead atoms. The van der Waals surface area contributed by atoms with Gasteiger partial charge in [0.2, 0.25) is 0 Å². The summed E-state index contributed by atoms with van der Waals surface area (Å²) in [4.78, 5) is 19.4. The van der Waals surface area contributed by atoms with E-state index < -0.39 is 0 Å². The fraction of sp³-hybridized carbons (Fsp3) is 0.292. The molecule has 0 radical (unpaired) electrons. The number of carbonyl (C=O) groups excluding carboxylic acids is 1. The van der Waals surface area contributed by atoms with E-state index in [1.165, 1.54) is 16.3 Å². The molecule has 1 aliphatic rings. The van der Waals surface area contributed by atoms with E-state index in [4.69, 9.17) is 0 Å². The summed E-state index contributed by atoms with van der Waals surface area (Å²) in [5.41, 5.74) is 3.19. The molecule has 1 heterocycles. The molecule has 0 N–H and O–H groups in total. The second-order valence-electron chi connectivity index (χ2n) is 7.65. The van der Waals surface area contributed by atoms with Crippen LogP contribution < -0.4 is 4.90 Å². The number of carbonyl (C=O) groups is 1. The van der Waals surface area contributed by atoms with Crippen LogP contribution in [-0.2, 0) is 6.54 Å². The van der Waals surface area contributed by atoms with Crippen molar-refractivity contribution in [3.63, 3.8) is 0 Å². The molecular weight excluding hydrogens is 346 g/mol. The molecule has 1 amide bonds. The van der Waals surface area contributed by atoms with Gasteiger partial charge in [0.05, 0.1) is 0 Å². The van der Waals surface area contributed by atoms with Crippen LogP contribution >= 0.6 is 0 Å². The molecule has 0 saturated carbocycles. The molecule has 0 spiro atoms. The summed E-state index contributed by atoms with van der Waals surface area (Å²) in [5.74, 6) is 0.133. The first-order valence-corrected chi connectivity index (χ1v) is 9.87. The van der Waals surface area contributed by atoms with Gasteiger partial charge in [-0.15, -0.1) is 0 Å². The van der Waals surface area contributed by atoms with Gasteiger partial charge in [-0.05, 0) is 34.5 Å². The van der Waals surface area contributed by atoms with Crippen molar-refractivity contribution in [1.82, 2.24) is 9.80 Å². The van der Waals surface area contributed by atoms with Crippen molar-refractivity contribution in [2.24, 2.45) is 0 Å². The second-order valence-corrected chi connectivity index (χ2v) is 7.65. The minimum Gasteiger partial charge on any atom is -0.378 e. The number of amides is 1. The number of anilines is 1. The highest BCUT2D eigenvalue weighted by atomic mass is 16.2. The van der Waals surface area contributed by atoms with Crippen LogP contribution in [0.3, 0.4) is 0 Å². The molecular formula is C24H27N3O. The van der Waals surface area contributed by atoms with Crippen LogP contribution in [0.15, 0.2) is 66.7 Å². The fourth-order valence-corrected chi connectivity index (χ4v) is 3.88. The molecule has 0 aromatic heterocycles. The lowest BCUT2D eigenvalue weighted by molar-refractivity contribution is 0.0629. The Hall–Kier alpha value is -2.85. The minimum atomic E-state index is 0.133. The first-order valence-electron chi connectivity index (χ1n) is 9.87. The lowest BCUT2D eigenvalue weighted by atomic mass is 10.0. The van der Waals surface area contributed by atoms with Gasteiger partial charge in [0.15, 0.2) is 0 Å². The van der Waals surface area contributed by atoms with Crippen LogP contribution in [0.5, 0.6) is 0 Å². The van der Waals surface area contributed by atoms with E-state index in [0.29, 0.717) is 0 Å². The third-order valence-electron chi connectivity index (χ3n) is 5.54. The first-order chi connectivity index (χ1) is 13.6. The molecule has 1 saturated heterocycles. The largest absolute Gasteiger partial charge is 0.378 e. The van der Waals surface area contributed by atoms with E-state index in [-0.39, 0.29) is 5.91 Å². The average Bonchev–Trinajstić information content (AvgIpc) is 2.74. The molecule has 4 rings (SSSR count). The lowest BCUT2D eigenvalue weighted by Crippen LogP contribution is -2.48. The van der Waals surface area contributed by atoms with Gasteiger partial charge in [0.25, 0.3) is 5.91 Å². The topological polar surface area (TPSA) is 26.8 Å². The molecule has 1 fully saturated rings. The van der Waals surface area contributed by atoms with E-state index in [1.54, 1.807) is 0 Å². The summed E-state index contributed by atoms with van der Waals surface area (Å²) in [5, 5.41) is 2.61. The number of hydrogen-bond donors (Lipinski definition) is 0. The molecule has 0 aliphatic carbocycles. The quantitative estimate of drug-likeness (QED) is 0.695. The van der Waals surface area contributed by atoms with E-state index in [9.17, 15) is 4.79 Å². The van der Waals surface area contributed by atoms with Crippen molar-refractivity contribution in [2.45, 2.75) is 6.54 Å². The Morgan fingerprint density at radius 3 is 2.39 bits per heavy atom. The van der Waals surface area contributed by atoms with E-state index in [0.717, 1.165) is 44.0 Å². The predicted molar refractivity (Wildman–Crippen MR) is 116 cm³/mol. The normalized spacial score (nSPS) is 15.0. The van der Waals surface area contributed by atoms with Crippen LogP contribution in [-0.4, -0.2) is 56.0 Å². The summed E-state index contributed by atoms with van der Waals surface area (Å²) in [7, 11) is 3.99. The van der Waals surface area contributed by atoms with Gasteiger partial charge in [-0.1, -0.05) is 48.5 Å². The Labute approximate surface area is 167 Å². The molecule has 3 aromatic rings. The Bertz CT molecular complexity index is 969. The molecule has 0 atom stereocenters. The Morgan fingerprint density at radius 2 is 1.61 bits per heavy atom. The summed E-state index contributed by atoms with van der Waals surface area (Å²) in [6, 6.07) is 22.9. The first kappa shape index (κ1) is 18.5. The van der Waals surface area contributed by atoms with Crippen molar-refractivity contribution >= 4 is 22.4 Å². The standard InChI is InChI=1S/C24H27N3O/c1-25(2)22-11-6-9-20(17-22)24(28)27-15-13-26(14-16-27)18-21-10-5-8-19-7-3-4-12-23(19)21/h3-12,17H,13-16,18H2,1-2H3. The summed E-state index contributed by atoms with van der Waals surface area (Å²) >= 11 is 0. The van der Waals surface area contributed by atoms with Gasteiger partial charge >= 0.3 is 0 Å². The number of piperazine rings is 1. The van der Waals surface area contributed by atoms with Crippen molar-refractivity contribution < 1.29 is 4.79 Å². The molecule has 4 nitrogen and oxygen atoms in total. The van der Waals surface area contributed by atoms with E-state index in [2.05, 4.69) is 47.4 Å². The van der Waals surface area contributed by atoms with E-state index in [1.807, 2.05) is 48.2 Å². The van der Waals surface area contributed by atoms with Crippen LogP contribution in [0.2, 0.25) is 0 Å². The summed E-state index contributed by atoms with van der Waals surface area (Å²) in [6.45, 7) is 4.29. The smallest absolute Gasteiger partial charge is 0.254 e. The third kappa shape index (κ3) is 3.87. The number of benzene rings is 3. The van der Waals surface area contributed by atoms with Crippen LogP contribution in [0.4, 0.5) is 5.69 Å². The van der Waals surface area contributed by atoms with Crippen LogP contribution in [0, 0.1) is 0 Å². The Balaban J connectivity index is 1.40.